The van der Waals surface area contributed by atoms with Gasteiger partial charge in [-0.2, -0.15) is 5.10 Å². The molecule has 0 aliphatic heterocycles. The van der Waals surface area contributed by atoms with E-state index >= 15 is 0 Å². The van der Waals surface area contributed by atoms with Crippen LogP contribution in [0, 0.1) is 6.92 Å². The molecular weight excluding hydrogens is 302 g/mol. The van der Waals surface area contributed by atoms with Crippen LogP contribution >= 0.6 is 11.6 Å². The number of amides is 1. The summed E-state index contributed by atoms with van der Waals surface area (Å²) in [5.74, 6) is 0. The Morgan fingerprint density at radius 2 is 2.00 bits per heavy atom. The highest BCUT2D eigenvalue weighted by Gasteiger charge is 2.32. The van der Waals surface area contributed by atoms with E-state index in [4.69, 9.17) is 11.6 Å². The molecule has 2 rings (SSSR count). The predicted octanol–water partition coefficient (Wildman–Crippen LogP) is 4.33. The maximum Gasteiger partial charge on any atom is 0.412 e. The van der Waals surface area contributed by atoms with Gasteiger partial charge in [0.05, 0.1) is 17.6 Å². The van der Waals surface area contributed by atoms with Gasteiger partial charge in [-0.05, 0) is 45.4 Å². The van der Waals surface area contributed by atoms with Crippen molar-refractivity contribution in [1.82, 2.24) is 9.78 Å². The molecule has 5 nitrogen and oxygen atoms in total. The minimum Gasteiger partial charge on any atom is -0.465 e. The molecule has 1 amide bonds. The Hall–Kier alpha value is -2.01. The number of benzene rings is 1. The van der Waals surface area contributed by atoms with E-state index in [1.54, 1.807) is 17.9 Å². The number of nitrogens with zero attached hydrogens (tertiary/aromatic N) is 3. The van der Waals surface area contributed by atoms with Gasteiger partial charge in [-0.25, -0.2) is 4.79 Å². The maximum atomic E-state index is 11.8. The first-order valence-electron chi connectivity index (χ1n) is 6.94. The van der Waals surface area contributed by atoms with Crippen LogP contribution in [0.15, 0.2) is 24.4 Å². The topological polar surface area (TPSA) is 58.4 Å². The highest BCUT2D eigenvalue weighted by atomic mass is 35.5. The predicted molar refractivity (Wildman–Crippen MR) is 88.6 cm³/mol. The van der Waals surface area contributed by atoms with Gasteiger partial charge >= 0.3 is 6.09 Å². The molecule has 1 heterocycles. The monoisotopic (exact) mass is 321 g/mol. The Kier molecular flexibility index (Phi) is 4.20. The van der Waals surface area contributed by atoms with E-state index in [0.29, 0.717) is 10.7 Å². The number of halogens is 1. The summed E-state index contributed by atoms with van der Waals surface area (Å²) in [7, 11) is 1.79. The summed E-state index contributed by atoms with van der Waals surface area (Å²) in [5.41, 5.74) is 2.58. The van der Waals surface area contributed by atoms with E-state index in [-0.39, 0.29) is 0 Å². The third-order valence-corrected chi connectivity index (χ3v) is 3.71. The zero-order chi connectivity index (χ0) is 16.7. The lowest BCUT2D eigenvalue weighted by Crippen LogP contribution is -2.45. The first kappa shape index (κ1) is 16.4. The maximum absolute atomic E-state index is 11.8. The van der Waals surface area contributed by atoms with E-state index in [9.17, 15) is 9.90 Å². The van der Waals surface area contributed by atoms with Crippen molar-refractivity contribution in [2.45, 2.75) is 33.2 Å². The SMILES string of the molecule is Cc1ccc(Cl)cc1-c1c(N(C(=O)O)C(C)(C)C)cnn1C. The summed E-state index contributed by atoms with van der Waals surface area (Å²) in [6.45, 7) is 7.51. The molecule has 0 bridgehead atoms. The van der Waals surface area contributed by atoms with Crippen LogP contribution in [0.2, 0.25) is 5.02 Å². The van der Waals surface area contributed by atoms with Crippen LogP contribution in [0.3, 0.4) is 0 Å². The number of aryl methyl sites for hydroxylation is 2. The molecule has 0 radical (unpaired) electrons. The number of carbonyl (C=O) groups is 1. The van der Waals surface area contributed by atoms with Gasteiger partial charge in [-0.1, -0.05) is 17.7 Å². The zero-order valence-corrected chi connectivity index (χ0v) is 14.1. The first-order chi connectivity index (χ1) is 10.1. The first-order valence-corrected chi connectivity index (χ1v) is 7.32. The van der Waals surface area contributed by atoms with Crippen LogP contribution in [0.1, 0.15) is 26.3 Å². The Morgan fingerprint density at radius 3 is 2.55 bits per heavy atom. The van der Waals surface area contributed by atoms with Gasteiger partial charge in [-0.15, -0.1) is 0 Å². The van der Waals surface area contributed by atoms with Crippen LogP contribution < -0.4 is 4.90 Å². The standard InChI is InChI=1S/C16H20ClN3O2/c1-10-6-7-11(17)8-12(10)14-13(9-18-19(14)5)20(15(21)22)16(2,3)4/h6-9H,1-5H3,(H,21,22). The van der Waals surface area contributed by atoms with Crippen LogP contribution in [0.5, 0.6) is 0 Å². The minimum atomic E-state index is -1.01. The number of rotatable bonds is 2. The van der Waals surface area contributed by atoms with E-state index in [2.05, 4.69) is 5.10 Å². The van der Waals surface area contributed by atoms with Crippen molar-refractivity contribution in [1.29, 1.82) is 0 Å². The molecule has 0 spiro atoms. The van der Waals surface area contributed by atoms with Gasteiger partial charge in [0.15, 0.2) is 0 Å². The molecule has 0 aliphatic carbocycles. The van der Waals surface area contributed by atoms with Crippen LogP contribution in [0.4, 0.5) is 10.5 Å². The average Bonchev–Trinajstić information content (AvgIpc) is 2.72. The lowest BCUT2D eigenvalue weighted by atomic mass is 10.0. The fourth-order valence-electron chi connectivity index (χ4n) is 2.50. The number of aromatic nitrogens is 2. The van der Waals surface area contributed by atoms with Crippen molar-refractivity contribution in [2.24, 2.45) is 7.05 Å². The van der Waals surface area contributed by atoms with Crippen molar-refractivity contribution < 1.29 is 9.90 Å². The van der Waals surface area contributed by atoms with Crippen LogP contribution in [-0.4, -0.2) is 26.5 Å². The molecule has 0 aliphatic rings. The van der Waals surface area contributed by atoms with E-state index in [1.165, 1.54) is 4.90 Å². The molecule has 1 N–H and O–H groups in total. The third kappa shape index (κ3) is 2.95. The molecule has 0 fully saturated rings. The molecular formula is C16H20ClN3O2. The lowest BCUT2D eigenvalue weighted by Gasteiger charge is -2.33. The fourth-order valence-corrected chi connectivity index (χ4v) is 2.67. The van der Waals surface area contributed by atoms with Crippen molar-refractivity contribution in [3.63, 3.8) is 0 Å². The van der Waals surface area contributed by atoms with Crippen LogP contribution in [0.25, 0.3) is 11.3 Å². The van der Waals surface area contributed by atoms with Gasteiger partial charge < -0.3 is 5.11 Å². The molecule has 1 aromatic heterocycles. The van der Waals surface area contributed by atoms with Crippen LogP contribution in [-0.2, 0) is 7.05 Å². The van der Waals surface area contributed by atoms with Crippen molar-refractivity contribution in [3.05, 3.63) is 35.0 Å². The quantitative estimate of drug-likeness (QED) is 0.895. The number of carboxylic acid groups (broad SMARTS) is 1. The van der Waals surface area contributed by atoms with Gasteiger partial charge in [0, 0.05) is 23.2 Å². The second-order valence-electron chi connectivity index (χ2n) is 6.25. The highest BCUT2D eigenvalue weighted by molar-refractivity contribution is 6.30. The summed E-state index contributed by atoms with van der Waals surface area (Å²) in [4.78, 5) is 13.1. The molecule has 22 heavy (non-hydrogen) atoms. The highest BCUT2D eigenvalue weighted by Crippen LogP contribution is 2.36. The second-order valence-corrected chi connectivity index (χ2v) is 6.69. The molecule has 1 aromatic carbocycles. The fraction of sp³-hybridized carbons (Fsp3) is 0.375. The molecule has 118 valence electrons. The summed E-state index contributed by atoms with van der Waals surface area (Å²) in [5, 5.41) is 14.5. The van der Waals surface area contributed by atoms with E-state index < -0.39 is 11.6 Å². The van der Waals surface area contributed by atoms with E-state index in [1.807, 2.05) is 45.9 Å². The van der Waals surface area contributed by atoms with E-state index in [0.717, 1.165) is 16.8 Å². The third-order valence-electron chi connectivity index (χ3n) is 3.48. The van der Waals surface area contributed by atoms with Crippen molar-refractivity contribution >= 4 is 23.4 Å². The minimum absolute atomic E-state index is 0.549. The largest absolute Gasteiger partial charge is 0.465 e. The normalized spacial score (nSPS) is 11.5. The summed E-state index contributed by atoms with van der Waals surface area (Å²) in [6.07, 6.45) is 0.566. The van der Waals surface area contributed by atoms with Crippen molar-refractivity contribution in [2.75, 3.05) is 4.90 Å². The lowest BCUT2D eigenvalue weighted by molar-refractivity contribution is 0.195. The number of anilines is 1. The average molecular weight is 322 g/mol. The zero-order valence-electron chi connectivity index (χ0n) is 13.4. The van der Waals surface area contributed by atoms with Gasteiger partial charge in [0.1, 0.15) is 0 Å². The second kappa shape index (κ2) is 5.65. The summed E-state index contributed by atoms with van der Waals surface area (Å²) in [6, 6.07) is 5.56. The summed E-state index contributed by atoms with van der Waals surface area (Å²) < 4.78 is 1.68. The Labute approximate surface area is 135 Å². The number of hydrogen-bond acceptors (Lipinski definition) is 2. The summed E-state index contributed by atoms with van der Waals surface area (Å²) >= 11 is 6.11. The molecule has 2 aromatic rings. The molecule has 0 saturated heterocycles. The van der Waals surface area contributed by atoms with Crippen molar-refractivity contribution in [3.8, 4) is 11.3 Å². The Morgan fingerprint density at radius 1 is 1.36 bits per heavy atom. The smallest absolute Gasteiger partial charge is 0.412 e. The van der Waals surface area contributed by atoms with Gasteiger partial charge in [0.2, 0.25) is 0 Å². The Balaban J connectivity index is 2.71. The van der Waals surface area contributed by atoms with Gasteiger partial charge in [0.25, 0.3) is 0 Å². The molecule has 6 heteroatoms. The molecule has 0 unspecified atom stereocenters. The number of hydrogen-bond donors (Lipinski definition) is 1. The molecule has 0 atom stereocenters. The Bertz CT molecular complexity index is 717. The molecule has 0 saturated carbocycles. The van der Waals surface area contributed by atoms with Gasteiger partial charge in [-0.3, -0.25) is 9.58 Å².